The second-order valence-corrected chi connectivity index (χ2v) is 8.00. The Hall–Kier alpha value is -1.86. The van der Waals surface area contributed by atoms with Crippen molar-refractivity contribution in [2.75, 3.05) is 18.5 Å². The molecule has 0 amide bonds. The largest absolute Gasteiger partial charge is 0.466 e. The van der Waals surface area contributed by atoms with Crippen molar-refractivity contribution >= 4 is 45.1 Å². The third kappa shape index (κ3) is 3.38. The molecule has 1 atom stereocenters. The summed E-state index contributed by atoms with van der Waals surface area (Å²) in [6.45, 7) is 2.55. The first-order valence-corrected chi connectivity index (χ1v) is 10.2. The van der Waals surface area contributed by atoms with Crippen LogP contribution in [0.25, 0.3) is 0 Å². The van der Waals surface area contributed by atoms with Crippen LogP contribution in [0.4, 0.5) is 5.69 Å². The minimum atomic E-state index is -0.359. The fourth-order valence-corrected chi connectivity index (χ4v) is 4.31. The van der Waals surface area contributed by atoms with Crippen LogP contribution in [0.5, 0.6) is 0 Å². The van der Waals surface area contributed by atoms with Crippen molar-refractivity contribution < 1.29 is 14.3 Å². The van der Waals surface area contributed by atoms with Gasteiger partial charge in [0.1, 0.15) is 0 Å². The summed E-state index contributed by atoms with van der Waals surface area (Å²) < 4.78 is 7.05. The average molecular weight is 453 g/mol. The van der Waals surface area contributed by atoms with Gasteiger partial charge in [-0.05, 0) is 53.2 Å². The van der Waals surface area contributed by atoms with Gasteiger partial charge in [-0.2, -0.15) is 9.78 Å². The number of hydrogen-bond donors (Lipinski definition) is 1. The van der Waals surface area contributed by atoms with E-state index in [0.717, 1.165) is 24.1 Å². The maximum Gasteiger partial charge on any atom is 0.311 e. The van der Waals surface area contributed by atoms with Gasteiger partial charge in [-0.15, -0.1) is 0 Å². The molecule has 1 aliphatic heterocycles. The van der Waals surface area contributed by atoms with Crippen molar-refractivity contribution in [2.45, 2.75) is 32.1 Å². The van der Waals surface area contributed by atoms with Gasteiger partial charge in [-0.1, -0.05) is 23.7 Å². The molecule has 142 valence electrons. The summed E-state index contributed by atoms with van der Waals surface area (Å²) in [5, 5.41) is 8.00. The predicted molar refractivity (Wildman–Crippen MR) is 105 cm³/mol. The molecule has 8 heteroatoms. The Bertz CT molecular complexity index is 923. The van der Waals surface area contributed by atoms with Crippen LogP contribution in [0.1, 0.15) is 47.3 Å². The molecule has 0 bridgehead atoms. The topological polar surface area (TPSA) is 73.2 Å². The van der Waals surface area contributed by atoms with E-state index in [2.05, 4.69) is 26.3 Å². The molecule has 2 heterocycles. The van der Waals surface area contributed by atoms with Crippen LogP contribution in [0.2, 0.25) is 5.02 Å². The molecular formula is C19H19BrClN3O3. The highest BCUT2D eigenvalue weighted by Gasteiger charge is 2.35. The van der Waals surface area contributed by atoms with Gasteiger partial charge in [0.05, 0.1) is 34.5 Å². The number of nitrogens with one attached hydrogen (secondary N) is 1. The Morgan fingerprint density at radius 2 is 2.19 bits per heavy atom. The van der Waals surface area contributed by atoms with Crippen LogP contribution in [-0.4, -0.2) is 34.8 Å². The Morgan fingerprint density at radius 3 is 2.89 bits per heavy atom. The standard InChI is InChI=1S/C19H19BrClN3O3/c1-2-27-19(26)11-8-14-16(22-9-11)17(20)23-24(14)18(25)15-12(10-6-7-10)4-3-5-13(15)21/h3-5,10-11,22H,2,6-9H2,1H3. The Kier molecular flexibility index (Phi) is 4.99. The molecule has 1 saturated carbocycles. The second-order valence-electron chi connectivity index (χ2n) is 6.84. The van der Waals surface area contributed by atoms with Gasteiger partial charge in [-0.3, -0.25) is 9.59 Å². The van der Waals surface area contributed by atoms with Crippen LogP contribution >= 0.6 is 27.5 Å². The van der Waals surface area contributed by atoms with Crippen LogP contribution in [0, 0.1) is 5.92 Å². The quantitative estimate of drug-likeness (QED) is 0.710. The zero-order valence-electron chi connectivity index (χ0n) is 14.8. The molecule has 0 spiro atoms. The number of esters is 1. The van der Waals surface area contributed by atoms with Gasteiger partial charge in [0.2, 0.25) is 0 Å². The number of nitrogens with zero attached hydrogens (tertiary/aromatic N) is 2. The van der Waals surface area contributed by atoms with Crippen molar-refractivity contribution in [1.29, 1.82) is 0 Å². The molecule has 1 N–H and O–H groups in total. The predicted octanol–water partition coefficient (Wildman–Crippen LogP) is 4.01. The Morgan fingerprint density at radius 1 is 1.41 bits per heavy atom. The first-order valence-electron chi connectivity index (χ1n) is 9.02. The minimum Gasteiger partial charge on any atom is -0.466 e. The highest BCUT2D eigenvalue weighted by atomic mass is 79.9. The van der Waals surface area contributed by atoms with Gasteiger partial charge in [0.15, 0.2) is 4.60 Å². The maximum absolute atomic E-state index is 13.4. The van der Waals surface area contributed by atoms with E-state index >= 15 is 0 Å². The number of rotatable bonds is 4. The van der Waals surface area contributed by atoms with E-state index in [1.807, 2.05) is 12.1 Å². The van der Waals surface area contributed by atoms with E-state index in [1.54, 1.807) is 13.0 Å². The Balaban J connectivity index is 1.72. The smallest absolute Gasteiger partial charge is 0.311 e. The molecule has 0 saturated heterocycles. The molecule has 1 aliphatic carbocycles. The van der Waals surface area contributed by atoms with E-state index in [4.69, 9.17) is 16.3 Å². The van der Waals surface area contributed by atoms with Crippen molar-refractivity contribution in [1.82, 2.24) is 9.78 Å². The van der Waals surface area contributed by atoms with Crippen LogP contribution in [0.3, 0.4) is 0 Å². The summed E-state index contributed by atoms with van der Waals surface area (Å²) in [7, 11) is 0. The zero-order chi connectivity index (χ0) is 19.1. The van der Waals surface area contributed by atoms with Gasteiger partial charge < -0.3 is 10.1 Å². The van der Waals surface area contributed by atoms with Gasteiger partial charge in [-0.25, -0.2) is 0 Å². The van der Waals surface area contributed by atoms with Crippen LogP contribution in [-0.2, 0) is 16.0 Å². The number of anilines is 1. The molecule has 1 fully saturated rings. The monoisotopic (exact) mass is 451 g/mol. The summed E-state index contributed by atoms with van der Waals surface area (Å²) in [4.78, 5) is 25.5. The van der Waals surface area contributed by atoms with E-state index in [1.165, 1.54) is 4.68 Å². The summed E-state index contributed by atoms with van der Waals surface area (Å²) in [5.74, 6) is -0.524. The molecule has 4 rings (SSSR count). The first kappa shape index (κ1) is 18.5. The van der Waals surface area contributed by atoms with Crippen LogP contribution < -0.4 is 5.32 Å². The lowest BCUT2D eigenvalue weighted by Crippen LogP contribution is -2.33. The van der Waals surface area contributed by atoms with Crippen molar-refractivity contribution in [3.05, 3.63) is 44.6 Å². The number of hydrogen-bond acceptors (Lipinski definition) is 5. The van der Waals surface area contributed by atoms with E-state index in [9.17, 15) is 9.59 Å². The molecule has 1 aromatic heterocycles. The molecule has 0 radical (unpaired) electrons. The van der Waals surface area contributed by atoms with Crippen molar-refractivity contribution in [3.63, 3.8) is 0 Å². The first-order chi connectivity index (χ1) is 13.0. The molecular weight excluding hydrogens is 434 g/mol. The molecule has 2 aromatic rings. The maximum atomic E-state index is 13.4. The lowest BCUT2D eigenvalue weighted by atomic mass is 9.98. The third-order valence-electron chi connectivity index (χ3n) is 4.99. The molecule has 6 nitrogen and oxygen atoms in total. The normalized spacial score (nSPS) is 18.6. The summed E-state index contributed by atoms with van der Waals surface area (Å²) in [6.07, 6.45) is 2.51. The van der Waals surface area contributed by atoms with E-state index < -0.39 is 0 Å². The zero-order valence-corrected chi connectivity index (χ0v) is 17.1. The number of aromatic nitrogens is 2. The second kappa shape index (κ2) is 7.28. The van der Waals surface area contributed by atoms with Crippen molar-refractivity contribution in [2.24, 2.45) is 5.92 Å². The van der Waals surface area contributed by atoms with Gasteiger partial charge in [0, 0.05) is 13.0 Å². The van der Waals surface area contributed by atoms with Crippen molar-refractivity contribution in [3.8, 4) is 0 Å². The number of halogens is 2. The highest BCUT2D eigenvalue weighted by Crippen LogP contribution is 2.43. The third-order valence-corrected chi connectivity index (χ3v) is 5.86. The minimum absolute atomic E-state index is 0.268. The van der Waals surface area contributed by atoms with Gasteiger partial charge >= 0.3 is 5.97 Å². The average Bonchev–Trinajstić information content (AvgIpc) is 3.45. The number of carbonyl (C=O) groups excluding carboxylic acids is 2. The number of carbonyl (C=O) groups is 2. The molecule has 1 aromatic carbocycles. The lowest BCUT2D eigenvalue weighted by Gasteiger charge is -2.23. The Labute approximate surface area is 170 Å². The van der Waals surface area contributed by atoms with Crippen LogP contribution in [0.15, 0.2) is 22.8 Å². The fraction of sp³-hybridized carbons (Fsp3) is 0.421. The number of benzene rings is 1. The summed E-state index contributed by atoms with van der Waals surface area (Å²) in [6, 6.07) is 5.56. The van der Waals surface area contributed by atoms with E-state index in [0.29, 0.717) is 46.4 Å². The molecule has 1 unspecified atom stereocenters. The fourth-order valence-electron chi connectivity index (χ4n) is 3.52. The van der Waals surface area contributed by atoms with Gasteiger partial charge in [0.25, 0.3) is 5.91 Å². The summed E-state index contributed by atoms with van der Waals surface area (Å²) in [5.41, 5.74) is 2.87. The highest BCUT2D eigenvalue weighted by molar-refractivity contribution is 9.10. The molecule has 2 aliphatic rings. The number of ether oxygens (including phenoxy) is 1. The molecule has 27 heavy (non-hydrogen) atoms. The SMILES string of the molecule is CCOC(=O)C1CNc2c(Br)nn(C(=O)c3c(Cl)cccc3C3CC3)c2C1. The summed E-state index contributed by atoms with van der Waals surface area (Å²) >= 11 is 9.81. The number of fused-ring (bicyclic) bond motifs is 1. The van der Waals surface area contributed by atoms with E-state index in [-0.39, 0.29) is 17.8 Å². The lowest BCUT2D eigenvalue weighted by molar-refractivity contribution is -0.147.